The van der Waals surface area contributed by atoms with Gasteiger partial charge < -0.3 is 57.7 Å². The Balaban J connectivity index is 1.15. The first-order chi connectivity index (χ1) is 38.7. The number of hydrogen-bond acceptors (Lipinski definition) is 17. The fraction of sp³-hybridized carbons (Fsp3) is 0.794. The molecule has 0 radical (unpaired) electrons. The average Bonchev–Trinajstić information content (AvgIpc) is 3.19. The van der Waals surface area contributed by atoms with Crippen molar-refractivity contribution in [3.63, 3.8) is 0 Å². The minimum atomic E-state index is -2.48. The Hall–Kier alpha value is -3.53. The van der Waals surface area contributed by atoms with Crippen LogP contribution in [-0.2, 0) is 66.6 Å². The van der Waals surface area contributed by atoms with E-state index >= 15 is 0 Å². The summed E-state index contributed by atoms with van der Waals surface area (Å²) in [5.74, 6) is -8.48. The number of nitrogens with zero attached hydrogens (tertiary/aromatic N) is 2. The number of ketones is 3. The summed E-state index contributed by atoms with van der Waals surface area (Å²) >= 11 is 0. The van der Waals surface area contributed by atoms with E-state index in [-0.39, 0.29) is 85.8 Å². The second-order valence-corrected chi connectivity index (χ2v) is 24.9. The van der Waals surface area contributed by atoms with Crippen molar-refractivity contribution in [1.82, 2.24) is 9.80 Å². The van der Waals surface area contributed by atoms with Crippen molar-refractivity contribution >= 4 is 29.2 Å². The molecule has 1 aliphatic carbocycles. The molecule has 81 heavy (non-hydrogen) atoms. The van der Waals surface area contributed by atoms with Crippen LogP contribution in [-0.4, -0.2) is 196 Å². The van der Waals surface area contributed by atoms with Crippen LogP contribution in [0, 0.1) is 41.4 Å². The van der Waals surface area contributed by atoms with Crippen LogP contribution in [0.4, 0.5) is 0 Å². The van der Waals surface area contributed by atoms with E-state index in [0.29, 0.717) is 76.9 Å². The predicted octanol–water partition coefficient (Wildman–Crippen LogP) is 6.71. The molecule has 7 rings (SSSR count). The van der Waals surface area contributed by atoms with Crippen molar-refractivity contribution in [1.29, 1.82) is 0 Å². The van der Waals surface area contributed by atoms with Crippen molar-refractivity contribution in [3.8, 4) is 0 Å². The van der Waals surface area contributed by atoms with Crippen LogP contribution in [0.1, 0.15) is 132 Å². The summed E-state index contributed by atoms with van der Waals surface area (Å²) in [6.45, 7) is 20.2. The number of fused-ring (bicyclic) bond motifs is 4. The molecule has 456 valence electrons. The molecule has 6 aliphatic heterocycles. The number of aliphatic hydroxyl groups excluding tert-OH is 1. The molecule has 18 nitrogen and oxygen atoms in total. The van der Waals surface area contributed by atoms with Gasteiger partial charge >= 0.3 is 5.97 Å². The number of piperidine rings is 1. The van der Waals surface area contributed by atoms with E-state index in [1.165, 1.54) is 12.0 Å². The molecule has 5 saturated heterocycles. The smallest absolute Gasteiger partial charge is 0.329 e. The third-order valence-corrected chi connectivity index (χ3v) is 18.4. The third kappa shape index (κ3) is 17.1. The van der Waals surface area contributed by atoms with E-state index in [4.69, 9.17) is 42.6 Å². The van der Waals surface area contributed by atoms with E-state index in [1.807, 2.05) is 51.2 Å². The van der Waals surface area contributed by atoms with Gasteiger partial charge in [-0.3, -0.25) is 24.1 Å². The van der Waals surface area contributed by atoms with Gasteiger partial charge in [0.1, 0.15) is 36.2 Å². The van der Waals surface area contributed by atoms with Gasteiger partial charge in [0.15, 0.2) is 5.78 Å². The fourth-order valence-electron chi connectivity index (χ4n) is 13.7. The lowest BCUT2D eigenvalue weighted by molar-refractivity contribution is -0.266. The number of methoxy groups -OCH3 is 2. The van der Waals surface area contributed by atoms with Crippen LogP contribution in [0.25, 0.3) is 0 Å². The van der Waals surface area contributed by atoms with Gasteiger partial charge in [0.25, 0.3) is 11.7 Å². The largest absolute Gasteiger partial charge is 0.460 e. The highest BCUT2D eigenvalue weighted by Gasteiger charge is 2.57. The van der Waals surface area contributed by atoms with Crippen molar-refractivity contribution in [2.45, 2.75) is 205 Å². The van der Waals surface area contributed by atoms with Crippen LogP contribution in [0.5, 0.6) is 0 Å². The zero-order valence-corrected chi connectivity index (χ0v) is 50.2. The van der Waals surface area contributed by atoms with E-state index in [9.17, 15) is 34.2 Å². The van der Waals surface area contributed by atoms with Crippen molar-refractivity contribution in [3.05, 3.63) is 47.6 Å². The maximum atomic E-state index is 14.8. The molecule has 0 aromatic heterocycles. The minimum absolute atomic E-state index is 0.000860. The van der Waals surface area contributed by atoms with Gasteiger partial charge in [0, 0.05) is 83.5 Å². The summed E-state index contributed by atoms with van der Waals surface area (Å²) in [5, 5.41) is 24.0. The number of rotatable bonds is 14. The Morgan fingerprint density at radius 1 is 0.790 bits per heavy atom. The molecule has 2 unspecified atom stereocenters. The molecular weight excluding hydrogens is 1040 g/mol. The van der Waals surface area contributed by atoms with E-state index in [1.54, 1.807) is 34.0 Å². The highest BCUT2D eigenvalue weighted by Crippen LogP contribution is 2.46. The number of carbonyl (C=O) groups is 5. The van der Waals surface area contributed by atoms with Gasteiger partial charge in [-0.1, -0.05) is 64.2 Å². The molecule has 18 atom stereocenters. The minimum Gasteiger partial charge on any atom is -0.460 e. The molecule has 1 saturated carbocycles. The van der Waals surface area contributed by atoms with Crippen LogP contribution >= 0.6 is 0 Å². The number of Topliss-reactive ketones (excluding diaryl/α,β-unsaturated/α-hetero) is 3. The maximum Gasteiger partial charge on any atom is 0.329 e. The lowest BCUT2D eigenvalue weighted by Gasteiger charge is -2.50. The van der Waals surface area contributed by atoms with Crippen LogP contribution < -0.4 is 0 Å². The molecule has 18 heteroatoms. The molecule has 7 aliphatic rings. The number of esters is 1. The summed E-state index contributed by atoms with van der Waals surface area (Å²) in [6.07, 6.45) is 13.2. The summed E-state index contributed by atoms with van der Waals surface area (Å²) in [5.41, 5.74) is 1.27. The molecule has 0 spiro atoms. The lowest BCUT2D eigenvalue weighted by Crippen LogP contribution is -2.65. The van der Waals surface area contributed by atoms with Crippen LogP contribution in [0.3, 0.4) is 0 Å². The van der Waals surface area contributed by atoms with E-state index in [2.05, 4.69) is 18.7 Å². The SMILES string of the molecule is CO[C@@H]1C[C@H](CC2[C@H]3CCCN4C(=O)C(=O)[C@]5(O)O[C@@H](CC[C@H]5C)C[C@@H](OCCOC5COC5)/C(C)=C/C=C/C=C/[C@@H](C)C[C@@H](C)C(=O)[C@H](OC)[C@H](O)/C(C)=C/[C@@H](C)C(=O)C[C@@H]2OC(=O)C34)CC[C@H]1OCCCN1C[C@@H](C)O[C@@H](C)C1. The van der Waals surface area contributed by atoms with Crippen molar-refractivity contribution in [2.75, 3.05) is 73.4 Å². The van der Waals surface area contributed by atoms with Gasteiger partial charge in [-0.2, -0.15) is 0 Å². The molecule has 6 heterocycles. The molecule has 4 bridgehead atoms. The summed E-state index contributed by atoms with van der Waals surface area (Å²) < 4.78 is 54.5. The number of morpholine rings is 1. The number of allylic oxidation sites excluding steroid dienone is 6. The molecule has 1 amide bonds. The van der Waals surface area contributed by atoms with Gasteiger partial charge in [-0.05, 0) is 121 Å². The second kappa shape index (κ2) is 30.5. The van der Waals surface area contributed by atoms with E-state index < -0.39 is 83.7 Å². The Labute approximate surface area is 482 Å². The standard InChI is InChI=1S/C63H98N2O16/c1-38-16-12-11-13-17-39(2)53(78-27-26-76-48-36-75-37-48)32-47-21-19-43(6)63(72,81-47)60(69)61(70)65-24-14-18-49-50(30-46-20-22-52(55(31-46)73-9)77-25-15-23-64-34-44(7)79-45(8)35-64)54(80-62(71)56(49)65)33-51(66)40(3)29-42(5)58(68)59(74-10)57(67)41(4)28-38/h11-13,16-17,29,38,40-41,43-50,52-56,58-59,68,72H,14-15,18-28,30-37H2,1-10H3/b13-11+,16-12+,39-17+,42-29+/t38-,40-,41-,43-,44-,45+,46+,47+,49-,50?,52-,53-,54+,55-,56?,58-,59+,63-/m1/s1. The molecule has 0 aromatic rings. The zero-order valence-electron chi connectivity index (χ0n) is 50.2. The number of amides is 1. The van der Waals surface area contributed by atoms with Gasteiger partial charge in [-0.25, -0.2) is 4.79 Å². The summed E-state index contributed by atoms with van der Waals surface area (Å²) in [6, 6.07) is -1.14. The molecule has 0 aromatic carbocycles. The Bertz CT molecular complexity index is 2220. The molecular formula is C63H98N2O16. The highest BCUT2D eigenvalue weighted by atomic mass is 16.6. The van der Waals surface area contributed by atoms with Gasteiger partial charge in [0.05, 0.1) is 63.1 Å². The highest BCUT2D eigenvalue weighted by molar-refractivity contribution is 6.39. The number of hydrogen-bond donors (Lipinski definition) is 2. The topological polar surface area (TPSA) is 215 Å². The van der Waals surface area contributed by atoms with Crippen molar-refractivity contribution < 1.29 is 76.8 Å². The number of aliphatic hydroxyl groups is 2. The number of carbonyl (C=O) groups excluding carboxylic acids is 5. The first kappa shape index (κ1) is 65.0. The second-order valence-electron chi connectivity index (χ2n) is 24.9. The average molecular weight is 1140 g/mol. The summed E-state index contributed by atoms with van der Waals surface area (Å²) in [7, 11) is 3.10. The predicted molar refractivity (Wildman–Crippen MR) is 303 cm³/mol. The summed E-state index contributed by atoms with van der Waals surface area (Å²) in [4.78, 5) is 76.3. The van der Waals surface area contributed by atoms with Crippen LogP contribution in [0.15, 0.2) is 47.6 Å². The molecule has 6 fully saturated rings. The monoisotopic (exact) mass is 1140 g/mol. The van der Waals surface area contributed by atoms with Crippen molar-refractivity contribution in [2.24, 2.45) is 41.4 Å². The quantitative estimate of drug-likeness (QED) is 0.0800. The van der Waals surface area contributed by atoms with E-state index in [0.717, 1.165) is 44.5 Å². The first-order valence-electron chi connectivity index (χ1n) is 30.5. The van der Waals surface area contributed by atoms with Gasteiger partial charge in [0.2, 0.25) is 5.79 Å². The fourth-order valence-corrected chi connectivity index (χ4v) is 13.7. The normalized spacial score (nSPS) is 40.9. The Morgan fingerprint density at radius 3 is 2.23 bits per heavy atom. The Kier molecular flexibility index (Phi) is 24.5. The molecule has 2 N–H and O–H groups in total. The van der Waals surface area contributed by atoms with Crippen LogP contribution in [0.2, 0.25) is 0 Å². The Morgan fingerprint density at radius 2 is 1.53 bits per heavy atom. The number of ether oxygens (including phenoxy) is 9. The lowest BCUT2D eigenvalue weighted by atomic mass is 9.68. The first-order valence-corrected chi connectivity index (χ1v) is 30.5. The van der Waals surface area contributed by atoms with Gasteiger partial charge in [-0.15, -0.1) is 0 Å². The maximum absolute atomic E-state index is 14.8. The zero-order chi connectivity index (χ0) is 58.5. The third-order valence-electron chi connectivity index (χ3n) is 18.4.